The fourth-order valence-electron chi connectivity index (χ4n) is 1.22. The van der Waals surface area contributed by atoms with E-state index in [2.05, 4.69) is 4.99 Å². The average molecular weight is 375 g/mol. The third-order valence-electron chi connectivity index (χ3n) is 2.01. The van der Waals surface area contributed by atoms with Crippen LogP contribution in [0.5, 0.6) is 0 Å². The standard InChI is InChI=1S/C11H25N3OS.HI/c1-11(2,3)16(15)9-8-12-10(13(4)5)14(6)7;/h8-9H2,1-7H3;1H. The molecule has 0 aliphatic carbocycles. The number of hydrogen-bond donors (Lipinski definition) is 0. The maximum atomic E-state index is 11.8. The maximum absolute atomic E-state index is 11.8. The summed E-state index contributed by atoms with van der Waals surface area (Å²) in [5.41, 5.74) is 0. The van der Waals surface area contributed by atoms with Crippen molar-refractivity contribution in [2.24, 2.45) is 4.99 Å². The topological polar surface area (TPSA) is 35.9 Å². The summed E-state index contributed by atoms with van der Waals surface area (Å²) in [5.74, 6) is 1.53. The van der Waals surface area contributed by atoms with Gasteiger partial charge in [0.25, 0.3) is 0 Å². The van der Waals surface area contributed by atoms with E-state index in [1.807, 2.05) is 58.8 Å². The van der Waals surface area contributed by atoms with Gasteiger partial charge in [0.15, 0.2) is 5.96 Å². The molecule has 1 atom stereocenters. The highest BCUT2D eigenvalue weighted by atomic mass is 127. The second-order valence-electron chi connectivity index (χ2n) is 5.13. The largest absolute Gasteiger partial charge is 0.349 e. The molecule has 0 aromatic carbocycles. The molecule has 0 saturated carbocycles. The predicted octanol–water partition coefficient (Wildman–Crippen LogP) is 1.63. The van der Waals surface area contributed by atoms with Crippen LogP contribution in [0.2, 0.25) is 0 Å². The van der Waals surface area contributed by atoms with Crippen LogP contribution in [0.15, 0.2) is 4.99 Å². The van der Waals surface area contributed by atoms with Crippen molar-refractivity contribution in [2.75, 3.05) is 40.5 Å². The Labute approximate surface area is 125 Å². The van der Waals surface area contributed by atoms with Crippen LogP contribution in [-0.4, -0.2) is 65.2 Å². The predicted molar refractivity (Wildman–Crippen MR) is 87.9 cm³/mol. The van der Waals surface area contributed by atoms with E-state index in [-0.39, 0.29) is 28.7 Å². The molecule has 0 aliphatic rings. The van der Waals surface area contributed by atoms with E-state index < -0.39 is 10.8 Å². The van der Waals surface area contributed by atoms with Crippen LogP contribution < -0.4 is 0 Å². The summed E-state index contributed by atoms with van der Waals surface area (Å²) in [5, 5.41) is 0. The molecule has 0 rings (SSSR count). The minimum absolute atomic E-state index is 0. The highest BCUT2D eigenvalue weighted by Crippen LogP contribution is 2.10. The zero-order valence-electron chi connectivity index (χ0n) is 12.0. The van der Waals surface area contributed by atoms with Gasteiger partial charge in [0.05, 0.1) is 6.54 Å². The Bertz CT molecular complexity index is 262. The number of halogens is 1. The summed E-state index contributed by atoms with van der Waals surface area (Å²) in [7, 11) is 7.01. The summed E-state index contributed by atoms with van der Waals surface area (Å²) >= 11 is 0. The zero-order chi connectivity index (χ0) is 12.9. The van der Waals surface area contributed by atoms with E-state index in [1.165, 1.54) is 0 Å². The van der Waals surface area contributed by atoms with Crippen LogP contribution in [0.25, 0.3) is 0 Å². The molecule has 0 saturated heterocycles. The van der Waals surface area contributed by atoms with Crippen molar-refractivity contribution in [1.82, 2.24) is 9.80 Å². The van der Waals surface area contributed by atoms with Gasteiger partial charge in [-0.3, -0.25) is 9.20 Å². The molecular formula is C11H26IN3OS. The van der Waals surface area contributed by atoms with Crippen molar-refractivity contribution in [3.8, 4) is 0 Å². The van der Waals surface area contributed by atoms with Gasteiger partial charge < -0.3 is 9.80 Å². The average Bonchev–Trinajstić information content (AvgIpc) is 2.08. The molecule has 6 heteroatoms. The second-order valence-corrected chi connectivity index (χ2v) is 7.46. The molecule has 0 radical (unpaired) electrons. The van der Waals surface area contributed by atoms with E-state index in [0.717, 1.165) is 5.96 Å². The molecule has 4 nitrogen and oxygen atoms in total. The smallest absolute Gasteiger partial charge is 0.195 e. The Balaban J connectivity index is 0. The quantitative estimate of drug-likeness (QED) is 0.427. The molecule has 1 unspecified atom stereocenters. The monoisotopic (exact) mass is 375 g/mol. The van der Waals surface area contributed by atoms with Gasteiger partial charge >= 0.3 is 0 Å². The van der Waals surface area contributed by atoms with E-state index in [1.54, 1.807) is 0 Å². The lowest BCUT2D eigenvalue weighted by Gasteiger charge is -2.23. The van der Waals surface area contributed by atoms with Crippen LogP contribution in [0.3, 0.4) is 0 Å². The first-order valence-corrected chi connectivity index (χ1v) is 6.75. The molecule has 0 N–H and O–H groups in total. The number of nitrogens with zero attached hydrogens (tertiary/aromatic N) is 3. The Hall–Kier alpha value is 0.150. The molecule has 0 aromatic heterocycles. The van der Waals surface area contributed by atoms with Crippen LogP contribution >= 0.6 is 24.0 Å². The molecule has 0 aromatic rings. The normalized spacial score (nSPS) is 12.4. The van der Waals surface area contributed by atoms with Gasteiger partial charge in [-0.25, -0.2) is 0 Å². The number of aliphatic imine (C=N–C) groups is 1. The summed E-state index contributed by atoms with van der Waals surface area (Å²) < 4.78 is 11.7. The van der Waals surface area contributed by atoms with Gasteiger partial charge in [0.1, 0.15) is 0 Å². The first kappa shape index (κ1) is 19.5. The van der Waals surface area contributed by atoms with Gasteiger partial charge in [-0.15, -0.1) is 24.0 Å². The fraction of sp³-hybridized carbons (Fsp3) is 0.909. The van der Waals surface area contributed by atoms with E-state index in [4.69, 9.17) is 0 Å². The summed E-state index contributed by atoms with van der Waals surface area (Å²) in [4.78, 5) is 8.37. The van der Waals surface area contributed by atoms with E-state index in [9.17, 15) is 4.21 Å². The van der Waals surface area contributed by atoms with Crippen molar-refractivity contribution in [3.63, 3.8) is 0 Å². The molecule has 0 amide bonds. The van der Waals surface area contributed by atoms with Crippen LogP contribution in [-0.2, 0) is 10.8 Å². The van der Waals surface area contributed by atoms with Crippen molar-refractivity contribution >= 4 is 40.7 Å². The van der Waals surface area contributed by atoms with Crippen molar-refractivity contribution in [2.45, 2.75) is 25.5 Å². The fourth-order valence-corrected chi connectivity index (χ4v) is 2.09. The molecule has 17 heavy (non-hydrogen) atoms. The number of guanidine groups is 1. The molecule has 0 fully saturated rings. The molecule has 104 valence electrons. The summed E-state index contributed by atoms with van der Waals surface area (Å²) in [6.07, 6.45) is 0. The summed E-state index contributed by atoms with van der Waals surface area (Å²) in [6, 6.07) is 0. The van der Waals surface area contributed by atoms with Crippen LogP contribution in [0.1, 0.15) is 20.8 Å². The Morgan fingerprint density at radius 2 is 1.53 bits per heavy atom. The minimum Gasteiger partial charge on any atom is -0.349 e. The first-order chi connectivity index (χ1) is 7.16. The second kappa shape index (κ2) is 8.29. The lowest BCUT2D eigenvalue weighted by Crippen LogP contribution is -2.36. The Morgan fingerprint density at radius 3 is 1.82 bits per heavy atom. The van der Waals surface area contributed by atoms with Crippen molar-refractivity contribution in [3.05, 3.63) is 0 Å². The van der Waals surface area contributed by atoms with Gasteiger partial charge in [-0.1, -0.05) is 0 Å². The lowest BCUT2D eigenvalue weighted by molar-refractivity contribution is 0.480. The molecule has 0 spiro atoms. The zero-order valence-corrected chi connectivity index (χ0v) is 15.1. The van der Waals surface area contributed by atoms with Crippen LogP contribution in [0.4, 0.5) is 0 Å². The third kappa shape index (κ3) is 7.96. The first-order valence-electron chi connectivity index (χ1n) is 5.44. The van der Waals surface area contributed by atoms with Crippen LogP contribution in [0, 0.1) is 0 Å². The molecular weight excluding hydrogens is 349 g/mol. The van der Waals surface area contributed by atoms with Crippen molar-refractivity contribution < 1.29 is 4.21 Å². The van der Waals surface area contributed by atoms with E-state index >= 15 is 0 Å². The Morgan fingerprint density at radius 1 is 1.12 bits per heavy atom. The Kier molecular flexibility index (Phi) is 9.50. The third-order valence-corrected chi connectivity index (χ3v) is 3.93. The van der Waals surface area contributed by atoms with Gasteiger partial charge in [-0.05, 0) is 20.8 Å². The highest BCUT2D eigenvalue weighted by Gasteiger charge is 2.18. The molecule has 0 aliphatic heterocycles. The maximum Gasteiger partial charge on any atom is 0.195 e. The van der Waals surface area contributed by atoms with Gasteiger partial charge in [0.2, 0.25) is 0 Å². The molecule has 0 heterocycles. The molecule has 0 bridgehead atoms. The van der Waals surface area contributed by atoms with Gasteiger partial charge in [0, 0.05) is 49.5 Å². The minimum atomic E-state index is -0.824. The highest BCUT2D eigenvalue weighted by molar-refractivity contribution is 14.0. The lowest BCUT2D eigenvalue weighted by atomic mass is 10.3. The summed E-state index contributed by atoms with van der Waals surface area (Å²) in [6.45, 7) is 6.58. The SMILES string of the molecule is CN(C)C(=NCCS(=O)C(C)(C)C)N(C)C.I. The van der Waals surface area contributed by atoms with Gasteiger partial charge in [-0.2, -0.15) is 0 Å². The van der Waals surface area contributed by atoms with E-state index in [0.29, 0.717) is 12.3 Å². The van der Waals surface area contributed by atoms with Crippen molar-refractivity contribution in [1.29, 1.82) is 0 Å². The number of rotatable bonds is 3. The number of hydrogen-bond acceptors (Lipinski definition) is 2.